The van der Waals surface area contributed by atoms with E-state index in [1.807, 2.05) is 11.8 Å². The topological polar surface area (TPSA) is 41.1 Å². The molecule has 1 atom stereocenters. The van der Waals surface area contributed by atoms with E-state index in [4.69, 9.17) is 0 Å². The van der Waals surface area contributed by atoms with E-state index >= 15 is 0 Å². The number of carbonyl (C=O) groups excluding carboxylic acids is 1. The maximum absolute atomic E-state index is 11.8. The Morgan fingerprint density at radius 2 is 2.06 bits per heavy atom. The molecule has 1 amide bonds. The summed E-state index contributed by atoms with van der Waals surface area (Å²) in [7, 11) is 0. The third-order valence-corrected chi connectivity index (χ3v) is 4.37. The van der Waals surface area contributed by atoms with Gasteiger partial charge in [-0.15, -0.1) is 12.4 Å². The zero-order valence-electron chi connectivity index (χ0n) is 9.54. The molecule has 0 aromatic heterocycles. The average Bonchev–Trinajstić information content (AvgIpc) is 2.80. The number of halogens is 1. The summed E-state index contributed by atoms with van der Waals surface area (Å²) >= 11 is 1.97. The molecular weight excluding hydrogens is 244 g/mol. The summed E-state index contributed by atoms with van der Waals surface area (Å²) in [6, 6.07) is 0. The molecule has 0 aromatic rings. The molecule has 2 rings (SSSR count). The molecule has 0 bridgehead atoms. The molecule has 0 radical (unpaired) electrons. The fraction of sp³-hybridized carbons (Fsp3) is 0.909. The van der Waals surface area contributed by atoms with Crippen LogP contribution in [0.25, 0.3) is 0 Å². The van der Waals surface area contributed by atoms with Gasteiger partial charge in [-0.1, -0.05) is 0 Å². The summed E-state index contributed by atoms with van der Waals surface area (Å²) in [5.41, 5.74) is 0. The summed E-state index contributed by atoms with van der Waals surface area (Å²) in [5.74, 6) is 3.56. The molecule has 2 heterocycles. The molecule has 2 saturated heterocycles. The van der Waals surface area contributed by atoms with E-state index in [0.717, 1.165) is 44.0 Å². The molecule has 2 fully saturated rings. The van der Waals surface area contributed by atoms with E-state index in [2.05, 4.69) is 10.6 Å². The van der Waals surface area contributed by atoms with Gasteiger partial charge < -0.3 is 10.6 Å². The Hall–Kier alpha value is 0.0700. The maximum Gasteiger partial charge on any atom is 0.223 e. The number of thioether (sulfide) groups is 1. The van der Waals surface area contributed by atoms with E-state index in [1.54, 1.807) is 0 Å². The Bertz CT molecular complexity index is 216. The normalized spacial score (nSPS) is 26.1. The first-order valence-corrected chi connectivity index (χ1v) is 7.08. The third-order valence-electron chi connectivity index (χ3n) is 3.32. The second-order valence-corrected chi connectivity index (χ2v) is 5.72. The van der Waals surface area contributed by atoms with Crippen LogP contribution < -0.4 is 10.6 Å². The molecule has 2 aliphatic rings. The number of amides is 1. The van der Waals surface area contributed by atoms with Crippen LogP contribution in [0.4, 0.5) is 0 Å². The van der Waals surface area contributed by atoms with Crippen molar-refractivity contribution in [1.82, 2.24) is 10.6 Å². The lowest BCUT2D eigenvalue weighted by molar-refractivity contribution is -0.125. The predicted octanol–water partition coefficient (Wildman–Crippen LogP) is 1.28. The molecule has 0 aliphatic carbocycles. The van der Waals surface area contributed by atoms with Gasteiger partial charge in [-0.25, -0.2) is 0 Å². The first-order chi connectivity index (χ1) is 7.36. The van der Waals surface area contributed by atoms with Gasteiger partial charge in [0.05, 0.1) is 0 Å². The molecule has 1 unspecified atom stereocenters. The van der Waals surface area contributed by atoms with Crippen LogP contribution in [0.3, 0.4) is 0 Å². The van der Waals surface area contributed by atoms with Gasteiger partial charge in [0.1, 0.15) is 0 Å². The minimum absolute atomic E-state index is 0. The fourth-order valence-electron chi connectivity index (χ4n) is 2.24. The Morgan fingerprint density at radius 1 is 1.31 bits per heavy atom. The smallest absolute Gasteiger partial charge is 0.223 e. The molecular formula is C11H21ClN2OS. The highest BCUT2D eigenvalue weighted by atomic mass is 35.5. The maximum atomic E-state index is 11.8. The summed E-state index contributed by atoms with van der Waals surface area (Å²) in [4.78, 5) is 11.8. The summed E-state index contributed by atoms with van der Waals surface area (Å²) in [5, 5.41) is 6.43. The summed E-state index contributed by atoms with van der Waals surface area (Å²) < 4.78 is 0. The molecule has 3 nitrogen and oxygen atoms in total. The molecule has 16 heavy (non-hydrogen) atoms. The van der Waals surface area contributed by atoms with E-state index in [-0.39, 0.29) is 12.4 Å². The highest BCUT2D eigenvalue weighted by Crippen LogP contribution is 2.22. The fourth-order valence-corrected chi connectivity index (χ4v) is 3.34. The largest absolute Gasteiger partial charge is 0.356 e. The van der Waals surface area contributed by atoms with E-state index in [0.29, 0.717) is 17.7 Å². The lowest BCUT2D eigenvalue weighted by Crippen LogP contribution is -2.36. The highest BCUT2D eigenvalue weighted by Gasteiger charge is 2.22. The predicted molar refractivity (Wildman–Crippen MR) is 71.3 cm³/mol. The molecule has 2 N–H and O–H groups in total. The van der Waals surface area contributed by atoms with Crippen molar-refractivity contribution < 1.29 is 4.79 Å². The summed E-state index contributed by atoms with van der Waals surface area (Å²) in [6.07, 6.45) is 3.35. The quantitative estimate of drug-likeness (QED) is 0.807. The van der Waals surface area contributed by atoms with Crippen LogP contribution in [0.2, 0.25) is 0 Å². The summed E-state index contributed by atoms with van der Waals surface area (Å²) in [6.45, 7) is 3.05. The molecule has 5 heteroatoms. The van der Waals surface area contributed by atoms with Gasteiger partial charge in [0, 0.05) is 12.5 Å². The first-order valence-electron chi connectivity index (χ1n) is 5.92. The van der Waals surface area contributed by atoms with Crippen molar-refractivity contribution in [2.45, 2.75) is 19.3 Å². The van der Waals surface area contributed by atoms with Crippen LogP contribution in [-0.4, -0.2) is 37.0 Å². The lowest BCUT2D eigenvalue weighted by Gasteiger charge is -2.21. The number of rotatable bonds is 3. The van der Waals surface area contributed by atoms with Crippen LogP contribution in [0.15, 0.2) is 0 Å². The zero-order chi connectivity index (χ0) is 10.5. The van der Waals surface area contributed by atoms with Crippen LogP contribution in [0.1, 0.15) is 19.3 Å². The first kappa shape index (κ1) is 14.1. The van der Waals surface area contributed by atoms with Crippen molar-refractivity contribution >= 4 is 30.1 Å². The molecule has 0 saturated carbocycles. The number of carbonyl (C=O) groups is 1. The van der Waals surface area contributed by atoms with Gasteiger partial charge in [0.25, 0.3) is 0 Å². The van der Waals surface area contributed by atoms with E-state index in [9.17, 15) is 4.79 Å². The van der Waals surface area contributed by atoms with Gasteiger partial charge in [-0.2, -0.15) is 11.8 Å². The Morgan fingerprint density at radius 3 is 2.69 bits per heavy atom. The van der Waals surface area contributed by atoms with Crippen molar-refractivity contribution in [3.8, 4) is 0 Å². The number of hydrogen-bond acceptors (Lipinski definition) is 3. The zero-order valence-corrected chi connectivity index (χ0v) is 11.2. The minimum Gasteiger partial charge on any atom is -0.356 e. The monoisotopic (exact) mass is 264 g/mol. The second kappa shape index (κ2) is 7.41. The molecule has 0 aromatic carbocycles. The van der Waals surface area contributed by atoms with Gasteiger partial charge in [-0.3, -0.25) is 4.79 Å². The second-order valence-electron chi connectivity index (χ2n) is 4.49. The molecule has 0 spiro atoms. The number of nitrogens with one attached hydrogen (secondary N) is 2. The Balaban J connectivity index is 0.00000128. The van der Waals surface area contributed by atoms with Crippen LogP contribution in [0.5, 0.6) is 0 Å². The third kappa shape index (κ3) is 4.15. The van der Waals surface area contributed by atoms with Crippen molar-refractivity contribution in [2.75, 3.05) is 31.1 Å². The van der Waals surface area contributed by atoms with Crippen LogP contribution in [0, 0.1) is 11.8 Å². The van der Waals surface area contributed by atoms with Crippen molar-refractivity contribution in [1.29, 1.82) is 0 Å². The SMILES string of the molecule is Cl.O=C(NCC1CCNC1)C1CCSCC1. The molecule has 2 aliphatic heterocycles. The van der Waals surface area contributed by atoms with Gasteiger partial charge >= 0.3 is 0 Å². The molecule has 94 valence electrons. The van der Waals surface area contributed by atoms with Gasteiger partial charge in [0.15, 0.2) is 0 Å². The van der Waals surface area contributed by atoms with Crippen molar-refractivity contribution in [3.05, 3.63) is 0 Å². The minimum atomic E-state index is 0. The van der Waals surface area contributed by atoms with Gasteiger partial charge in [0.2, 0.25) is 5.91 Å². The van der Waals surface area contributed by atoms with Crippen molar-refractivity contribution in [3.63, 3.8) is 0 Å². The lowest BCUT2D eigenvalue weighted by atomic mass is 10.0. The van der Waals surface area contributed by atoms with Gasteiger partial charge in [-0.05, 0) is 49.8 Å². The number of hydrogen-bond donors (Lipinski definition) is 2. The Labute approximate surface area is 108 Å². The van der Waals surface area contributed by atoms with E-state index in [1.165, 1.54) is 6.42 Å². The van der Waals surface area contributed by atoms with E-state index < -0.39 is 0 Å². The van der Waals surface area contributed by atoms with Crippen LogP contribution >= 0.6 is 24.2 Å². The standard InChI is InChI=1S/C11H20N2OS.ClH/c14-11(10-2-5-15-6-3-10)13-8-9-1-4-12-7-9;/h9-10,12H,1-8H2,(H,13,14);1H. The highest BCUT2D eigenvalue weighted by molar-refractivity contribution is 7.99. The Kier molecular flexibility index (Phi) is 6.54. The van der Waals surface area contributed by atoms with Crippen LogP contribution in [-0.2, 0) is 4.79 Å². The van der Waals surface area contributed by atoms with Crippen molar-refractivity contribution in [2.24, 2.45) is 11.8 Å². The average molecular weight is 265 g/mol.